The van der Waals surface area contributed by atoms with Gasteiger partial charge in [-0.3, -0.25) is 14.4 Å². The van der Waals surface area contributed by atoms with E-state index in [2.05, 4.69) is 52.7 Å². The third-order valence-electron chi connectivity index (χ3n) is 16.2. The number of hydrogen-bond acceptors (Lipinski definition) is 13. The highest BCUT2D eigenvalue weighted by atomic mass is 35.5. The van der Waals surface area contributed by atoms with Crippen molar-refractivity contribution in [3.05, 3.63) is 82.6 Å². The number of benzene rings is 2. The zero-order valence-corrected chi connectivity index (χ0v) is 43.8. The molecule has 0 unspecified atom stereocenters. The Morgan fingerprint density at radius 2 is 1.60 bits per heavy atom. The number of nitrogens with one attached hydrogen (secondary N) is 3. The Balaban J connectivity index is 0.710. The molecule has 5 aliphatic rings. The summed E-state index contributed by atoms with van der Waals surface area (Å²) in [7, 11) is 0. The van der Waals surface area contributed by atoms with Gasteiger partial charge in [-0.1, -0.05) is 56.3 Å². The van der Waals surface area contributed by atoms with Crippen LogP contribution in [0.5, 0.6) is 5.75 Å². The predicted octanol–water partition coefficient (Wildman–Crippen LogP) is 6.54. The molecule has 0 radical (unpaired) electrons. The molecule has 5 N–H and O–H groups in total. The first kappa shape index (κ1) is 51.9. The fourth-order valence-electron chi connectivity index (χ4n) is 11.8. The summed E-state index contributed by atoms with van der Waals surface area (Å²) in [6.45, 7) is 15.8. The average molecular weight is 1010 g/mol. The summed E-state index contributed by atoms with van der Waals surface area (Å²) >= 11 is 6.07. The number of nitrogens with zero attached hydrogens (tertiary/aromatic N) is 8. The van der Waals surface area contributed by atoms with Gasteiger partial charge in [0.05, 0.1) is 24.0 Å². The molecule has 2 aliphatic carbocycles. The number of phenols is 1. The van der Waals surface area contributed by atoms with Gasteiger partial charge >= 0.3 is 0 Å². The van der Waals surface area contributed by atoms with Crippen LogP contribution in [0.2, 0.25) is 5.02 Å². The maximum atomic E-state index is 14.2. The van der Waals surface area contributed by atoms with Gasteiger partial charge in [0.15, 0.2) is 5.82 Å². The molecule has 2 aromatic carbocycles. The quantitative estimate of drug-likeness (QED) is 0.0963. The number of piperazine rings is 1. The average Bonchev–Trinajstić information content (AvgIpc) is 3.78. The van der Waals surface area contributed by atoms with Crippen LogP contribution in [0.15, 0.2) is 60.9 Å². The molecule has 2 saturated carbocycles. The van der Waals surface area contributed by atoms with Gasteiger partial charge in [-0.2, -0.15) is 0 Å². The molecule has 3 aliphatic heterocycles. The summed E-state index contributed by atoms with van der Waals surface area (Å²) in [5.74, 6) is 7.14. The van der Waals surface area contributed by atoms with Gasteiger partial charge in [-0.25, -0.2) is 9.97 Å². The number of aromatic hydroxyl groups is 1. The highest BCUT2D eigenvalue weighted by molar-refractivity contribution is 6.30. The van der Waals surface area contributed by atoms with Crippen molar-refractivity contribution in [3.8, 4) is 28.8 Å². The van der Waals surface area contributed by atoms with E-state index in [1.54, 1.807) is 18.2 Å². The number of β-amino-alcohol motifs (C(OH)–C–C–N with tert-alkyl or cyclic N) is 1. The van der Waals surface area contributed by atoms with Crippen LogP contribution in [0.3, 0.4) is 0 Å². The SMILES string of the molecule is CCNc1nnc(-c2ccccc2O)cc1N1CCN(c2ncc(C3CCN(C4CC5(CCC(C(=O)N[C@H](C(=O)N6C[C@H](O)C[C@H]6C(=O)NCC#Cc6ccc(Cl)cc6C)C(C)(C)C)CC5)C4)CC3)cn2)CC1. The molecule has 1 spiro atoms. The molecule has 73 heavy (non-hydrogen) atoms. The molecule has 17 heteroatoms. The third-order valence-corrected chi connectivity index (χ3v) is 16.4. The number of halogens is 1. The fraction of sp³-hybridized carbons (Fsp3) is 0.554. The number of likely N-dealkylation sites (tertiary alicyclic amines) is 2. The number of aliphatic hydroxyl groups excluding tert-OH is 1. The molecule has 4 aromatic rings. The zero-order valence-electron chi connectivity index (χ0n) is 43.0. The van der Waals surface area contributed by atoms with Gasteiger partial charge in [0, 0.05) is 86.2 Å². The Morgan fingerprint density at radius 3 is 2.27 bits per heavy atom. The van der Waals surface area contributed by atoms with E-state index in [9.17, 15) is 24.6 Å². The van der Waals surface area contributed by atoms with E-state index in [1.165, 1.54) is 23.3 Å². The number of piperidine rings is 1. The zero-order chi connectivity index (χ0) is 51.4. The lowest BCUT2D eigenvalue weighted by atomic mass is 9.56. The normalized spacial score (nSPS) is 24.1. The Kier molecular flexibility index (Phi) is 15.8. The number of phenolic OH excluding ortho intramolecular Hbond substituents is 1. The van der Waals surface area contributed by atoms with E-state index < -0.39 is 23.6 Å². The molecule has 16 nitrogen and oxygen atoms in total. The van der Waals surface area contributed by atoms with Crippen molar-refractivity contribution >= 4 is 46.8 Å². The monoisotopic (exact) mass is 1010 g/mol. The maximum Gasteiger partial charge on any atom is 0.246 e. The lowest BCUT2D eigenvalue weighted by molar-refractivity contribution is -0.145. The number of para-hydroxylation sites is 1. The van der Waals surface area contributed by atoms with Crippen molar-refractivity contribution in [2.75, 3.05) is 74.0 Å². The van der Waals surface area contributed by atoms with Crippen molar-refractivity contribution < 1.29 is 24.6 Å². The lowest BCUT2D eigenvalue weighted by Gasteiger charge is -2.55. The molecular weight excluding hydrogens is 942 g/mol. The summed E-state index contributed by atoms with van der Waals surface area (Å²) in [5.41, 5.74) is 4.86. The largest absolute Gasteiger partial charge is 0.507 e. The molecule has 388 valence electrons. The molecular formula is C56H72ClN11O5. The Hall–Kier alpha value is -6.02. The van der Waals surface area contributed by atoms with Crippen LogP contribution in [-0.2, 0) is 14.4 Å². The first-order chi connectivity index (χ1) is 35.1. The van der Waals surface area contributed by atoms with Crippen molar-refractivity contribution in [2.24, 2.45) is 16.7 Å². The van der Waals surface area contributed by atoms with E-state index in [0.717, 1.165) is 113 Å². The van der Waals surface area contributed by atoms with Crippen LogP contribution in [0, 0.1) is 35.5 Å². The topological polar surface area (TPSA) is 192 Å². The van der Waals surface area contributed by atoms with E-state index in [4.69, 9.17) is 21.6 Å². The van der Waals surface area contributed by atoms with Crippen LogP contribution in [-0.4, -0.2) is 141 Å². The minimum absolute atomic E-state index is 0.0259. The standard InChI is InChI=1S/C56H72ClN11O5/c1-6-58-50-46(30-45(63-64-50)44-11-7-8-12-48(44)70)66-24-26-67(27-25-66)54-60-33-40(34-61-54)38-17-22-65(23-18-38)42-31-56(32-42)19-15-39(16-20-56)51(71)62-49(55(3,4)5)53(73)68-35-43(69)29-47(68)52(72)59-21-9-10-37-13-14-41(57)28-36(37)2/h7-8,11-14,28,30,33-34,38-39,42-43,47,49,69-70H,6,15-27,29,31-32,35H2,1-5H3,(H,58,64)(H,59,72)(H,62,71)/t39?,42?,43-,47+,49-,56?/m1/s1. The van der Waals surface area contributed by atoms with Gasteiger partial charge in [0.2, 0.25) is 23.7 Å². The summed E-state index contributed by atoms with van der Waals surface area (Å²) in [5, 5.41) is 40.0. The second-order valence-corrected chi connectivity index (χ2v) is 22.6. The summed E-state index contributed by atoms with van der Waals surface area (Å²) < 4.78 is 0. The highest BCUT2D eigenvalue weighted by Crippen LogP contribution is 2.55. The van der Waals surface area contributed by atoms with Crippen LogP contribution < -0.4 is 25.8 Å². The van der Waals surface area contributed by atoms with Crippen LogP contribution in [0.1, 0.15) is 108 Å². The fourth-order valence-corrected chi connectivity index (χ4v) is 12.1. The number of amides is 3. The number of aliphatic hydroxyl groups is 1. The number of rotatable bonds is 12. The molecule has 9 rings (SSSR count). The van der Waals surface area contributed by atoms with Gasteiger partial charge in [-0.05, 0) is 143 Å². The van der Waals surface area contributed by atoms with E-state index >= 15 is 0 Å². The van der Waals surface area contributed by atoms with Crippen molar-refractivity contribution in [2.45, 2.75) is 123 Å². The molecule has 3 atom stereocenters. The van der Waals surface area contributed by atoms with Crippen molar-refractivity contribution in [1.82, 2.24) is 40.6 Å². The first-order valence-electron chi connectivity index (χ1n) is 26.4. The smallest absolute Gasteiger partial charge is 0.246 e. The number of carbonyl (C=O) groups is 3. The number of aromatic nitrogens is 4. The Morgan fingerprint density at radius 1 is 0.904 bits per heavy atom. The number of aryl methyl sites for hydroxylation is 1. The minimum Gasteiger partial charge on any atom is -0.507 e. The summed E-state index contributed by atoms with van der Waals surface area (Å²) in [6.07, 6.45) is 11.4. The molecule has 0 bridgehead atoms. The lowest BCUT2D eigenvalue weighted by Crippen LogP contribution is -2.59. The predicted molar refractivity (Wildman–Crippen MR) is 284 cm³/mol. The molecule has 3 amide bonds. The summed E-state index contributed by atoms with van der Waals surface area (Å²) in [6, 6.07) is 13.5. The Bertz CT molecular complexity index is 2670. The van der Waals surface area contributed by atoms with Crippen LogP contribution in [0.25, 0.3) is 11.3 Å². The molecule has 3 saturated heterocycles. The Labute approximate surface area is 435 Å². The van der Waals surface area contributed by atoms with Gasteiger partial charge in [0.1, 0.15) is 17.8 Å². The van der Waals surface area contributed by atoms with Gasteiger partial charge in [-0.15, -0.1) is 10.2 Å². The third kappa shape index (κ3) is 11.8. The van der Waals surface area contributed by atoms with E-state index in [1.807, 2.05) is 77.3 Å². The van der Waals surface area contributed by atoms with Gasteiger partial charge < -0.3 is 45.8 Å². The minimum atomic E-state index is -0.862. The van der Waals surface area contributed by atoms with Crippen molar-refractivity contribution in [1.29, 1.82) is 0 Å². The van der Waals surface area contributed by atoms with Crippen molar-refractivity contribution in [3.63, 3.8) is 0 Å². The van der Waals surface area contributed by atoms with Gasteiger partial charge in [0.25, 0.3) is 0 Å². The second-order valence-electron chi connectivity index (χ2n) is 22.1. The first-order valence-corrected chi connectivity index (χ1v) is 26.7. The maximum absolute atomic E-state index is 14.2. The number of hydrogen-bond donors (Lipinski definition) is 5. The molecule has 5 fully saturated rings. The van der Waals surface area contributed by atoms with Crippen LogP contribution in [0.4, 0.5) is 17.5 Å². The second kappa shape index (κ2) is 22.2. The number of anilines is 3. The molecule has 2 aromatic heterocycles. The number of carbonyl (C=O) groups excluding carboxylic acids is 3. The summed E-state index contributed by atoms with van der Waals surface area (Å²) in [4.78, 5) is 60.0. The van der Waals surface area contributed by atoms with Crippen LogP contribution >= 0.6 is 11.6 Å². The molecule has 5 heterocycles. The van der Waals surface area contributed by atoms with E-state index in [-0.39, 0.29) is 54.3 Å². The highest BCUT2D eigenvalue weighted by Gasteiger charge is 2.50. The van der Waals surface area contributed by atoms with E-state index in [0.29, 0.717) is 28.2 Å².